The molecule has 2 aromatic heterocycles. The molecule has 6 nitrogen and oxygen atoms in total. The number of aliphatic carboxylic acids is 1. The molecule has 1 fully saturated rings. The number of rotatable bonds is 3. The molecule has 3 rings (SSSR count). The minimum absolute atomic E-state index is 0.253. The SMILES string of the molecule is Cc1cc(-c2ccccn2)nc(N2CCC(C(=O)O)CC2)n1. The van der Waals surface area contributed by atoms with Gasteiger partial charge in [-0.05, 0) is 38.0 Å². The van der Waals surface area contributed by atoms with Crippen LogP contribution in [0.4, 0.5) is 5.95 Å². The number of hydrogen-bond donors (Lipinski definition) is 1. The van der Waals surface area contributed by atoms with Crippen LogP contribution in [-0.2, 0) is 4.79 Å². The van der Waals surface area contributed by atoms with Crippen LogP contribution in [-0.4, -0.2) is 39.1 Å². The summed E-state index contributed by atoms with van der Waals surface area (Å²) >= 11 is 0. The summed E-state index contributed by atoms with van der Waals surface area (Å²) in [5.74, 6) is -0.306. The molecule has 0 bridgehead atoms. The maximum absolute atomic E-state index is 11.0. The molecular formula is C16H18N4O2. The van der Waals surface area contributed by atoms with Crippen LogP contribution in [0.3, 0.4) is 0 Å². The largest absolute Gasteiger partial charge is 0.481 e. The number of carboxylic acids is 1. The number of aryl methyl sites for hydroxylation is 1. The molecule has 22 heavy (non-hydrogen) atoms. The molecule has 0 unspecified atom stereocenters. The minimum Gasteiger partial charge on any atom is -0.481 e. The molecule has 0 saturated carbocycles. The first-order chi connectivity index (χ1) is 10.6. The maximum Gasteiger partial charge on any atom is 0.306 e. The number of piperidine rings is 1. The highest BCUT2D eigenvalue weighted by atomic mass is 16.4. The van der Waals surface area contributed by atoms with Crippen LogP contribution in [0.15, 0.2) is 30.5 Å². The molecule has 114 valence electrons. The normalized spacial score (nSPS) is 15.8. The molecule has 6 heteroatoms. The van der Waals surface area contributed by atoms with Crippen LogP contribution in [0.25, 0.3) is 11.4 Å². The molecule has 0 aromatic carbocycles. The number of anilines is 1. The molecule has 0 radical (unpaired) electrons. The topological polar surface area (TPSA) is 79.2 Å². The quantitative estimate of drug-likeness (QED) is 0.935. The summed E-state index contributed by atoms with van der Waals surface area (Å²) in [6.45, 7) is 3.27. The van der Waals surface area contributed by atoms with Crippen LogP contribution in [0, 0.1) is 12.8 Å². The molecule has 2 aromatic rings. The molecule has 1 aliphatic heterocycles. The highest BCUT2D eigenvalue weighted by Crippen LogP contribution is 2.23. The molecular weight excluding hydrogens is 280 g/mol. The second kappa shape index (κ2) is 6.09. The predicted molar refractivity (Wildman–Crippen MR) is 82.6 cm³/mol. The number of carbonyl (C=O) groups is 1. The first kappa shape index (κ1) is 14.4. The van der Waals surface area contributed by atoms with Gasteiger partial charge in [0.1, 0.15) is 0 Å². The van der Waals surface area contributed by atoms with Crippen LogP contribution < -0.4 is 4.90 Å². The summed E-state index contributed by atoms with van der Waals surface area (Å²) in [7, 11) is 0. The van der Waals surface area contributed by atoms with Crippen molar-refractivity contribution in [2.75, 3.05) is 18.0 Å². The van der Waals surface area contributed by atoms with E-state index in [1.165, 1.54) is 0 Å². The Hall–Kier alpha value is -2.50. The highest BCUT2D eigenvalue weighted by Gasteiger charge is 2.26. The van der Waals surface area contributed by atoms with Crippen molar-refractivity contribution >= 4 is 11.9 Å². The van der Waals surface area contributed by atoms with E-state index in [2.05, 4.69) is 19.9 Å². The first-order valence-corrected chi connectivity index (χ1v) is 7.38. The third-order valence-electron chi connectivity index (χ3n) is 3.90. The number of carboxylic acid groups (broad SMARTS) is 1. The Balaban J connectivity index is 1.83. The highest BCUT2D eigenvalue weighted by molar-refractivity contribution is 5.70. The number of nitrogens with zero attached hydrogens (tertiary/aromatic N) is 4. The Bertz CT molecular complexity index is 667. The average Bonchev–Trinajstić information content (AvgIpc) is 2.55. The molecule has 0 aliphatic carbocycles. The molecule has 0 amide bonds. The summed E-state index contributed by atoms with van der Waals surface area (Å²) < 4.78 is 0. The van der Waals surface area contributed by atoms with Crippen LogP contribution >= 0.6 is 0 Å². The second-order valence-electron chi connectivity index (χ2n) is 5.51. The van der Waals surface area contributed by atoms with E-state index < -0.39 is 5.97 Å². The van der Waals surface area contributed by atoms with E-state index in [-0.39, 0.29) is 5.92 Å². The lowest BCUT2D eigenvalue weighted by atomic mass is 9.97. The molecule has 0 spiro atoms. The van der Waals surface area contributed by atoms with Crippen molar-refractivity contribution < 1.29 is 9.90 Å². The number of aromatic nitrogens is 3. The monoisotopic (exact) mass is 298 g/mol. The molecule has 1 saturated heterocycles. The van der Waals surface area contributed by atoms with Crippen molar-refractivity contribution in [3.8, 4) is 11.4 Å². The fourth-order valence-electron chi connectivity index (χ4n) is 2.67. The van der Waals surface area contributed by atoms with E-state index in [9.17, 15) is 4.79 Å². The van der Waals surface area contributed by atoms with Crippen molar-refractivity contribution in [3.05, 3.63) is 36.2 Å². The van der Waals surface area contributed by atoms with Crippen LogP contribution in [0.5, 0.6) is 0 Å². The lowest BCUT2D eigenvalue weighted by Gasteiger charge is -2.30. The van der Waals surface area contributed by atoms with Crippen LogP contribution in [0.1, 0.15) is 18.5 Å². The van der Waals surface area contributed by atoms with Gasteiger partial charge >= 0.3 is 5.97 Å². The van der Waals surface area contributed by atoms with Gasteiger partial charge in [-0.3, -0.25) is 9.78 Å². The Labute approximate surface area is 128 Å². The zero-order valence-electron chi connectivity index (χ0n) is 12.4. The third kappa shape index (κ3) is 3.05. The lowest BCUT2D eigenvalue weighted by molar-refractivity contribution is -0.142. The minimum atomic E-state index is -0.709. The fourth-order valence-corrected chi connectivity index (χ4v) is 2.67. The second-order valence-corrected chi connectivity index (χ2v) is 5.51. The summed E-state index contributed by atoms with van der Waals surface area (Å²) in [4.78, 5) is 26.5. The average molecular weight is 298 g/mol. The van der Waals surface area contributed by atoms with Gasteiger partial charge in [0.2, 0.25) is 5.95 Å². The van der Waals surface area contributed by atoms with Gasteiger partial charge in [0.05, 0.1) is 17.3 Å². The summed E-state index contributed by atoms with van der Waals surface area (Å²) in [6.07, 6.45) is 3.00. The Morgan fingerprint density at radius 1 is 1.23 bits per heavy atom. The predicted octanol–water partition coefficient (Wildman–Crippen LogP) is 2.15. The molecule has 1 N–H and O–H groups in total. The van der Waals surface area contributed by atoms with E-state index >= 15 is 0 Å². The Morgan fingerprint density at radius 3 is 2.64 bits per heavy atom. The van der Waals surface area contributed by atoms with Crippen molar-refractivity contribution in [1.82, 2.24) is 15.0 Å². The van der Waals surface area contributed by atoms with Gasteiger partial charge in [0.15, 0.2) is 0 Å². The van der Waals surface area contributed by atoms with E-state index in [4.69, 9.17) is 5.11 Å². The van der Waals surface area contributed by atoms with Gasteiger partial charge in [-0.15, -0.1) is 0 Å². The summed E-state index contributed by atoms with van der Waals surface area (Å²) in [5.41, 5.74) is 2.49. The van der Waals surface area contributed by atoms with Gasteiger partial charge in [0, 0.05) is 25.0 Å². The third-order valence-corrected chi connectivity index (χ3v) is 3.90. The van der Waals surface area contributed by atoms with Crippen molar-refractivity contribution in [2.24, 2.45) is 5.92 Å². The van der Waals surface area contributed by atoms with Gasteiger partial charge < -0.3 is 10.0 Å². The molecule has 0 atom stereocenters. The van der Waals surface area contributed by atoms with Crippen LogP contribution in [0.2, 0.25) is 0 Å². The lowest BCUT2D eigenvalue weighted by Crippen LogP contribution is -2.37. The van der Waals surface area contributed by atoms with E-state index in [0.717, 1.165) is 17.1 Å². The van der Waals surface area contributed by atoms with E-state index in [1.54, 1.807) is 6.20 Å². The Kier molecular flexibility index (Phi) is 4.00. The maximum atomic E-state index is 11.0. The Morgan fingerprint density at radius 2 is 2.00 bits per heavy atom. The summed E-state index contributed by atoms with van der Waals surface area (Å²) in [6, 6.07) is 7.63. The number of pyridine rings is 1. The van der Waals surface area contributed by atoms with Gasteiger partial charge in [-0.2, -0.15) is 0 Å². The van der Waals surface area contributed by atoms with Gasteiger partial charge in [-0.25, -0.2) is 9.97 Å². The van der Waals surface area contributed by atoms with Crippen molar-refractivity contribution in [3.63, 3.8) is 0 Å². The van der Waals surface area contributed by atoms with Crippen molar-refractivity contribution in [1.29, 1.82) is 0 Å². The zero-order valence-corrected chi connectivity index (χ0v) is 12.4. The zero-order chi connectivity index (χ0) is 15.5. The van der Waals surface area contributed by atoms with Gasteiger partial charge in [-0.1, -0.05) is 6.07 Å². The standard InChI is InChI=1S/C16H18N4O2/c1-11-10-14(13-4-2-3-7-17-13)19-16(18-11)20-8-5-12(6-9-20)15(21)22/h2-4,7,10,12H,5-6,8-9H2,1H3,(H,21,22). The first-order valence-electron chi connectivity index (χ1n) is 7.38. The number of hydrogen-bond acceptors (Lipinski definition) is 5. The summed E-state index contributed by atoms with van der Waals surface area (Å²) in [5, 5.41) is 9.07. The molecule has 1 aliphatic rings. The molecule has 3 heterocycles. The smallest absolute Gasteiger partial charge is 0.306 e. The van der Waals surface area contributed by atoms with Crippen molar-refractivity contribution in [2.45, 2.75) is 19.8 Å². The van der Waals surface area contributed by atoms with Gasteiger partial charge in [0.25, 0.3) is 0 Å². The van der Waals surface area contributed by atoms with E-state index in [1.807, 2.05) is 31.2 Å². The van der Waals surface area contributed by atoms with E-state index in [0.29, 0.717) is 31.9 Å². The fraction of sp³-hybridized carbons (Fsp3) is 0.375.